The van der Waals surface area contributed by atoms with E-state index in [0.717, 1.165) is 25.8 Å². The Morgan fingerprint density at radius 1 is 0.783 bits per heavy atom. The molecule has 8 nitrogen and oxygen atoms in total. The number of benzene rings is 4. The molecular formula is C36H35N2O6PS. The van der Waals surface area contributed by atoms with E-state index in [-0.39, 0.29) is 41.4 Å². The molecule has 0 saturated heterocycles. The number of carbonyl (C=O) groups excluding carboxylic acids is 2. The predicted octanol–water partition coefficient (Wildman–Crippen LogP) is 5.44. The van der Waals surface area contributed by atoms with Crippen molar-refractivity contribution in [3.63, 3.8) is 0 Å². The van der Waals surface area contributed by atoms with Crippen molar-refractivity contribution >= 4 is 44.9 Å². The van der Waals surface area contributed by atoms with Gasteiger partial charge in [0.15, 0.2) is 5.82 Å². The molecule has 4 aromatic carbocycles. The van der Waals surface area contributed by atoms with Crippen LogP contribution in [0.4, 0.5) is 0 Å². The molecule has 46 heavy (non-hydrogen) atoms. The van der Waals surface area contributed by atoms with Crippen LogP contribution < -0.4 is 15.9 Å². The second-order valence-corrected chi connectivity index (χ2v) is 15.4. The highest BCUT2D eigenvalue weighted by atomic mass is 32.2. The van der Waals surface area contributed by atoms with Gasteiger partial charge in [0.25, 0.3) is 10.0 Å². The van der Waals surface area contributed by atoms with Gasteiger partial charge in [-0.2, -0.15) is 0 Å². The predicted molar refractivity (Wildman–Crippen MR) is 181 cm³/mol. The van der Waals surface area contributed by atoms with E-state index in [1.54, 1.807) is 19.1 Å². The summed E-state index contributed by atoms with van der Waals surface area (Å²) in [5, 5.41) is 2.53. The minimum Gasteiger partial charge on any atom is -0.466 e. The highest BCUT2D eigenvalue weighted by molar-refractivity contribution is 7.89. The molecule has 0 fully saturated rings. The van der Waals surface area contributed by atoms with Gasteiger partial charge in [0.2, 0.25) is 0 Å². The number of ether oxygens (including phenoxy) is 2. The molecule has 10 heteroatoms. The fourth-order valence-electron chi connectivity index (χ4n) is 5.29. The van der Waals surface area contributed by atoms with E-state index in [1.165, 1.54) is 25.3 Å². The van der Waals surface area contributed by atoms with Crippen LogP contribution in [0.3, 0.4) is 0 Å². The van der Waals surface area contributed by atoms with Crippen LogP contribution in [0, 0.1) is 6.92 Å². The second kappa shape index (κ2) is 14.1. The number of sulfonamides is 1. The average molecular weight is 655 g/mol. The summed E-state index contributed by atoms with van der Waals surface area (Å²) in [6.07, 6.45) is 1.34. The van der Waals surface area contributed by atoms with E-state index in [1.807, 2.05) is 97.9 Å². The zero-order valence-corrected chi connectivity index (χ0v) is 27.6. The van der Waals surface area contributed by atoms with Gasteiger partial charge >= 0.3 is 11.9 Å². The van der Waals surface area contributed by atoms with Crippen molar-refractivity contribution in [2.45, 2.75) is 25.2 Å². The maximum atomic E-state index is 14.6. The molecule has 236 valence electrons. The van der Waals surface area contributed by atoms with Crippen LogP contribution >= 0.6 is 7.05 Å². The monoisotopic (exact) mass is 654 g/mol. The van der Waals surface area contributed by atoms with Crippen LogP contribution in [0.2, 0.25) is 0 Å². The van der Waals surface area contributed by atoms with Crippen LogP contribution in [0.1, 0.15) is 18.9 Å². The lowest BCUT2D eigenvalue weighted by Gasteiger charge is -2.31. The Kier molecular flexibility index (Phi) is 10.0. The fourth-order valence-corrected chi connectivity index (χ4v) is 10.3. The third-order valence-corrected chi connectivity index (χ3v) is 13.0. The Balaban J connectivity index is 1.99. The minimum absolute atomic E-state index is 0.0207. The average Bonchev–Trinajstić information content (AvgIpc) is 3.28. The summed E-state index contributed by atoms with van der Waals surface area (Å²) in [7, 11) is -6.15. The van der Waals surface area contributed by atoms with Crippen molar-refractivity contribution in [2.75, 3.05) is 20.3 Å². The molecule has 0 aliphatic carbocycles. The molecule has 1 heterocycles. The quantitative estimate of drug-likeness (QED) is 0.176. The van der Waals surface area contributed by atoms with E-state index in [4.69, 9.17) is 14.2 Å². The Labute approximate surface area is 270 Å². The van der Waals surface area contributed by atoms with Crippen molar-refractivity contribution in [2.24, 2.45) is 4.74 Å². The summed E-state index contributed by atoms with van der Waals surface area (Å²) < 4.78 is 46.3. The molecule has 0 saturated carbocycles. The van der Waals surface area contributed by atoms with Crippen LogP contribution in [0.5, 0.6) is 0 Å². The summed E-state index contributed by atoms with van der Waals surface area (Å²) in [6.45, 7) is 3.38. The Bertz CT molecular complexity index is 1840. The molecule has 0 bridgehead atoms. The number of aryl methyl sites for hydroxylation is 1. The number of hydrogen-bond acceptors (Lipinski definition) is 7. The number of methoxy groups -OCH3 is 1. The van der Waals surface area contributed by atoms with Gasteiger partial charge in [0, 0.05) is 28.0 Å². The molecule has 1 aliphatic rings. The van der Waals surface area contributed by atoms with Crippen LogP contribution in [0.25, 0.3) is 0 Å². The Morgan fingerprint density at radius 2 is 1.28 bits per heavy atom. The molecule has 0 spiro atoms. The van der Waals surface area contributed by atoms with Crippen LogP contribution in [-0.2, 0) is 29.1 Å². The lowest BCUT2D eigenvalue weighted by molar-refractivity contribution is -0.138. The van der Waals surface area contributed by atoms with Crippen molar-refractivity contribution in [3.05, 3.63) is 144 Å². The van der Waals surface area contributed by atoms with Gasteiger partial charge in [-0.25, -0.2) is 27.1 Å². The summed E-state index contributed by atoms with van der Waals surface area (Å²) in [5.74, 6) is -1.59. The van der Waals surface area contributed by atoms with Gasteiger partial charge < -0.3 is 9.47 Å². The first-order valence-corrected chi connectivity index (χ1v) is 18.0. The van der Waals surface area contributed by atoms with Crippen molar-refractivity contribution in [1.82, 2.24) is 4.31 Å². The molecule has 4 aromatic rings. The zero-order chi connectivity index (χ0) is 32.7. The molecule has 0 aromatic heterocycles. The van der Waals surface area contributed by atoms with Gasteiger partial charge in [-0.3, -0.25) is 0 Å². The first-order valence-electron chi connectivity index (χ1n) is 14.8. The van der Waals surface area contributed by atoms with Crippen molar-refractivity contribution < 1.29 is 27.5 Å². The number of esters is 2. The maximum absolute atomic E-state index is 14.6. The summed E-state index contributed by atoms with van der Waals surface area (Å²) in [5.41, 5.74) is 0.866. The maximum Gasteiger partial charge on any atom is 0.341 e. The first-order chi connectivity index (χ1) is 22.2. The van der Waals surface area contributed by atoms with Crippen molar-refractivity contribution in [1.29, 1.82) is 0 Å². The summed E-state index contributed by atoms with van der Waals surface area (Å²) >= 11 is 0. The third kappa shape index (κ3) is 6.48. The largest absolute Gasteiger partial charge is 0.466 e. The lowest BCUT2D eigenvalue weighted by Crippen LogP contribution is -2.33. The highest BCUT2D eigenvalue weighted by Crippen LogP contribution is 2.49. The van der Waals surface area contributed by atoms with Crippen LogP contribution in [-0.4, -0.2) is 44.9 Å². The minimum atomic E-state index is -4.30. The topological polar surface area (TPSA) is 102 Å². The SMILES string of the molecule is CCOC(=O)C1=C(N=P(c2ccccc2)(c2ccccc2)c2ccccc2)N(S(=O)(=O)c2ccc(C)cc2)CCC(C(=O)OC)=C1. The smallest absolute Gasteiger partial charge is 0.341 e. The van der Waals surface area contributed by atoms with Gasteiger partial charge in [-0.05, 0) is 38.5 Å². The molecule has 0 atom stereocenters. The van der Waals surface area contributed by atoms with Crippen molar-refractivity contribution in [3.8, 4) is 0 Å². The number of carbonyl (C=O) groups is 2. The third-order valence-electron chi connectivity index (χ3n) is 7.57. The van der Waals surface area contributed by atoms with E-state index in [9.17, 15) is 18.0 Å². The molecule has 1 aliphatic heterocycles. The van der Waals surface area contributed by atoms with E-state index >= 15 is 0 Å². The standard InChI is InChI=1S/C36H35N2O6PS/c1-4-44-36(40)33-26-28(35(39)43-3)24-25-38(46(41,42)32-22-20-27(2)21-23-32)34(33)37-45(29-14-8-5-9-15-29,30-16-10-6-11-17-30)31-18-12-7-13-19-31/h5-23,26H,4,24-25H2,1-3H3. The lowest BCUT2D eigenvalue weighted by atomic mass is 10.1. The Morgan fingerprint density at radius 3 is 1.74 bits per heavy atom. The van der Waals surface area contributed by atoms with E-state index in [2.05, 4.69) is 0 Å². The van der Waals surface area contributed by atoms with E-state index < -0.39 is 29.0 Å². The molecular weight excluding hydrogens is 619 g/mol. The molecule has 0 radical (unpaired) electrons. The molecule has 0 N–H and O–H groups in total. The number of rotatable bonds is 9. The van der Waals surface area contributed by atoms with Gasteiger partial charge in [-0.1, -0.05) is 109 Å². The summed E-state index contributed by atoms with van der Waals surface area (Å²) in [4.78, 5) is 26.8. The first kappa shape index (κ1) is 32.7. The fraction of sp³-hybridized carbons (Fsp3) is 0.167. The molecule has 0 amide bonds. The number of hydrogen-bond donors (Lipinski definition) is 0. The highest BCUT2D eigenvalue weighted by Gasteiger charge is 2.37. The number of nitrogens with zero attached hydrogens (tertiary/aromatic N) is 2. The van der Waals surface area contributed by atoms with Gasteiger partial charge in [0.05, 0.1) is 25.7 Å². The second-order valence-electron chi connectivity index (χ2n) is 10.5. The van der Waals surface area contributed by atoms with E-state index in [0.29, 0.717) is 0 Å². The molecule has 0 unspecified atom stereocenters. The van der Waals surface area contributed by atoms with Gasteiger partial charge in [0.1, 0.15) is 5.57 Å². The Hall–Kier alpha value is -4.72. The normalized spacial score (nSPS) is 13.8. The van der Waals surface area contributed by atoms with Gasteiger partial charge in [-0.15, -0.1) is 0 Å². The van der Waals surface area contributed by atoms with Crippen LogP contribution in [0.15, 0.2) is 148 Å². The zero-order valence-electron chi connectivity index (χ0n) is 25.9. The summed E-state index contributed by atoms with van der Waals surface area (Å²) in [6, 6.07) is 35.5. The molecule has 5 rings (SSSR count).